The van der Waals surface area contributed by atoms with E-state index in [9.17, 15) is 0 Å². The van der Waals surface area contributed by atoms with Crippen LogP contribution in [0.3, 0.4) is 0 Å². The average molecular weight is 345 g/mol. The summed E-state index contributed by atoms with van der Waals surface area (Å²) in [6.07, 6.45) is 2.45. The molecule has 1 aliphatic heterocycles. The maximum atomic E-state index is 2.45. The van der Waals surface area contributed by atoms with Crippen molar-refractivity contribution in [3.05, 3.63) is 102 Å². The molecule has 0 saturated carbocycles. The molecule has 0 nitrogen and oxygen atoms in total. The molecule has 1 aliphatic rings. The highest BCUT2D eigenvalue weighted by Gasteiger charge is 2.45. The Bertz CT molecular complexity index is 716. The Morgan fingerprint density at radius 2 is 1.04 bits per heavy atom. The van der Waals surface area contributed by atoms with Crippen LogP contribution in [-0.4, -0.2) is 13.8 Å². The molecular formula is C22H20SSi. The van der Waals surface area contributed by atoms with Gasteiger partial charge >= 0.3 is 0 Å². The van der Waals surface area contributed by atoms with Crippen molar-refractivity contribution in [2.75, 3.05) is 5.75 Å². The Morgan fingerprint density at radius 1 is 0.625 bits per heavy atom. The fourth-order valence-electron chi connectivity index (χ4n) is 3.88. The second-order valence-electron chi connectivity index (χ2n) is 6.17. The molecular weight excluding hydrogens is 324 g/mol. The normalized spacial score (nSPS) is 17.1. The van der Waals surface area contributed by atoms with Gasteiger partial charge in [0.2, 0.25) is 0 Å². The van der Waals surface area contributed by atoms with E-state index in [-0.39, 0.29) is 0 Å². The average Bonchev–Trinajstić information content (AvgIpc) is 3.20. The number of benzene rings is 3. The van der Waals surface area contributed by atoms with Gasteiger partial charge in [0.15, 0.2) is 8.07 Å². The lowest BCUT2D eigenvalue weighted by molar-refractivity contribution is 1.20. The molecule has 0 saturated heterocycles. The minimum atomic E-state index is -2.10. The summed E-state index contributed by atoms with van der Waals surface area (Å²) in [6, 6.07) is 33.5. The van der Waals surface area contributed by atoms with Crippen molar-refractivity contribution in [2.24, 2.45) is 0 Å². The van der Waals surface area contributed by atoms with Crippen LogP contribution in [0.4, 0.5) is 0 Å². The molecule has 0 amide bonds. The molecule has 1 unspecified atom stereocenters. The van der Waals surface area contributed by atoms with E-state index in [4.69, 9.17) is 0 Å². The smallest absolute Gasteiger partial charge is 0.134 e. The van der Waals surface area contributed by atoms with Gasteiger partial charge in [-0.2, -0.15) is 0 Å². The predicted molar refractivity (Wildman–Crippen MR) is 109 cm³/mol. The van der Waals surface area contributed by atoms with Gasteiger partial charge < -0.3 is 0 Å². The molecule has 3 aromatic carbocycles. The number of hydrogen-bond acceptors (Lipinski definition) is 1. The molecule has 2 heteroatoms. The topological polar surface area (TPSA) is 0 Å². The Morgan fingerprint density at radius 3 is 1.38 bits per heavy atom. The Hall–Kier alpha value is -2.03. The lowest BCUT2D eigenvalue weighted by atomic mass is 10.3. The van der Waals surface area contributed by atoms with Gasteiger partial charge in [0.1, 0.15) is 0 Å². The minimum absolute atomic E-state index is 0.578. The maximum Gasteiger partial charge on any atom is 0.155 e. The van der Waals surface area contributed by atoms with Crippen molar-refractivity contribution in [3.8, 4) is 0 Å². The van der Waals surface area contributed by atoms with Gasteiger partial charge in [0, 0.05) is 5.75 Å². The lowest BCUT2D eigenvalue weighted by Crippen LogP contribution is -2.69. The third kappa shape index (κ3) is 2.56. The molecule has 1 heterocycles. The first kappa shape index (κ1) is 15.5. The van der Waals surface area contributed by atoms with E-state index in [0.717, 1.165) is 0 Å². The van der Waals surface area contributed by atoms with Crippen LogP contribution in [0.5, 0.6) is 0 Å². The van der Waals surface area contributed by atoms with Gasteiger partial charge in [-0.05, 0) is 26.5 Å². The molecule has 0 radical (unpaired) electrons. The van der Waals surface area contributed by atoms with E-state index >= 15 is 0 Å². The first-order valence-electron chi connectivity index (χ1n) is 8.37. The van der Waals surface area contributed by atoms with Crippen molar-refractivity contribution >= 4 is 35.4 Å². The van der Waals surface area contributed by atoms with E-state index in [1.54, 1.807) is 0 Å². The Balaban J connectivity index is 2.05. The molecule has 4 rings (SSSR count). The summed E-state index contributed by atoms with van der Waals surface area (Å²) >= 11 is 1.95. The van der Waals surface area contributed by atoms with Gasteiger partial charge in [0.05, 0.1) is 0 Å². The molecule has 0 fully saturated rings. The van der Waals surface area contributed by atoms with Gasteiger partial charge in [-0.15, -0.1) is 11.8 Å². The Kier molecular flexibility index (Phi) is 4.41. The number of thioether (sulfide) groups is 1. The fraction of sp³-hybridized carbons (Fsp3) is 0.0909. The largest absolute Gasteiger partial charge is 0.155 e. The van der Waals surface area contributed by atoms with Crippen LogP contribution in [0.25, 0.3) is 0 Å². The highest BCUT2D eigenvalue weighted by molar-refractivity contribution is 8.02. The highest BCUT2D eigenvalue weighted by atomic mass is 32.2. The lowest BCUT2D eigenvalue weighted by Gasteiger charge is -2.38. The van der Waals surface area contributed by atoms with E-state index in [2.05, 4.69) is 102 Å². The SMILES string of the molecule is C1=CC([Si](c2ccccc2)(c2ccccc2)c2ccccc2)CS1. The fourth-order valence-corrected chi connectivity index (χ4v) is 10.9. The zero-order valence-electron chi connectivity index (χ0n) is 13.5. The first-order valence-corrected chi connectivity index (χ1v) is 11.5. The zero-order valence-corrected chi connectivity index (χ0v) is 15.3. The molecule has 0 aromatic heterocycles. The van der Waals surface area contributed by atoms with Crippen molar-refractivity contribution in [3.63, 3.8) is 0 Å². The zero-order chi connectivity index (χ0) is 16.2. The Labute approximate surface area is 149 Å². The number of hydrogen-bond donors (Lipinski definition) is 0. The van der Waals surface area contributed by atoms with Crippen molar-refractivity contribution < 1.29 is 0 Å². The van der Waals surface area contributed by atoms with Crippen LogP contribution < -0.4 is 15.6 Å². The summed E-state index contributed by atoms with van der Waals surface area (Å²) in [4.78, 5) is 0. The van der Waals surface area contributed by atoms with Gasteiger partial charge in [0.25, 0.3) is 0 Å². The monoisotopic (exact) mass is 344 g/mol. The van der Waals surface area contributed by atoms with Crippen molar-refractivity contribution in [1.29, 1.82) is 0 Å². The van der Waals surface area contributed by atoms with Crippen molar-refractivity contribution in [2.45, 2.75) is 5.54 Å². The number of allylic oxidation sites excluding steroid dienone is 1. The van der Waals surface area contributed by atoms with Gasteiger partial charge in [-0.3, -0.25) is 0 Å². The minimum Gasteiger partial charge on any atom is -0.134 e. The van der Waals surface area contributed by atoms with Gasteiger partial charge in [-0.25, -0.2) is 0 Å². The van der Waals surface area contributed by atoms with E-state index in [1.807, 2.05) is 11.8 Å². The van der Waals surface area contributed by atoms with Gasteiger partial charge in [-0.1, -0.05) is 97.1 Å². The molecule has 3 aromatic rings. The molecule has 1 atom stereocenters. The van der Waals surface area contributed by atoms with E-state index < -0.39 is 8.07 Å². The standard InChI is InChI=1S/C22H20SSi/c1-4-10-19(11-5-1)24(22-16-17-23-18-22,20-12-6-2-7-13-20)21-14-8-3-9-15-21/h1-17,22H,18H2. The first-order chi connectivity index (χ1) is 11.9. The molecule has 118 valence electrons. The summed E-state index contributed by atoms with van der Waals surface area (Å²) in [6.45, 7) is 0. The van der Waals surface area contributed by atoms with Crippen LogP contribution in [0.15, 0.2) is 102 Å². The summed E-state index contributed by atoms with van der Waals surface area (Å²) in [5.74, 6) is 1.17. The van der Waals surface area contributed by atoms with Crippen molar-refractivity contribution in [1.82, 2.24) is 0 Å². The maximum absolute atomic E-state index is 2.45. The summed E-state index contributed by atoms with van der Waals surface area (Å²) in [5, 5.41) is 6.79. The van der Waals surface area contributed by atoms with E-state index in [1.165, 1.54) is 21.3 Å². The van der Waals surface area contributed by atoms with Crippen LogP contribution >= 0.6 is 11.8 Å². The molecule has 24 heavy (non-hydrogen) atoms. The van der Waals surface area contributed by atoms with E-state index in [0.29, 0.717) is 5.54 Å². The third-order valence-electron chi connectivity index (χ3n) is 4.93. The van der Waals surface area contributed by atoms with Crippen LogP contribution in [0.2, 0.25) is 5.54 Å². The second kappa shape index (κ2) is 6.84. The molecule has 0 N–H and O–H groups in total. The molecule has 0 bridgehead atoms. The summed E-state index contributed by atoms with van der Waals surface area (Å²) in [5.41, 5.74) is 0.578. The quantitative estimate of drug-likeness (QED) is 0.513. The highest BCUT2D eigenvalue weighted by Crippen LogP contribution is 2.33. The molecule has 0 aliphatic carbocycles. The summed E-state index contributed by atoms with van der Waals surface area (Å²) < 4.78 is 0. The second-order valence-corrected chi connectivity index (χ2v) is 11.2. The third-order valence-corrected chi connectivity index (χ3v) is 11.4. The number of rotatable bonds is 4. The molecule has 0 spiro atoms. The predicted octanol–water partition coefficient (Wildman–Crippen LogP) is 3.79. The van der Waals surface area contributed by atoms with Crippen LogP contribution in [0, 0.1) is 0 Å². The summed E-state index contributed by atoms with van der Waals surface area (Å²) in [7, 11) is -2.10. The van der Waals surface area contributed by atoms with Crippen LogP contribution in [-0.2, 0) is 0 Å². The van der Waals surface area contributed by atoms with Crippen LogP contribution in [0.1, 0.15) is 0 Å².